The lowest BCUT2D eigenvalue weighted by molar-refractivity contribution is 0.445. The number of aromatic hydroxyl groups is 3. The number of hydrogen-bond donors (Lipinski definition) is 3. The number of phenols is 3. The second-order valence-electron chi connectivity index (χ2n) is 8.27. The van der Waals surface area contributed by atoms with Gasteiger partial charge < -0.3 is 25.0 Å². The molecule has 168 valence electrons. The molecule has 0 amide bonds. The van der Waals surface area contributed by atoms with Crippen molar-refractivity contribution in [1.29, 1.82) is 0 Å². The largest absolute Gasteiger partial charge is 0.507 e. The van der Waals surface area contributed by atoms with Crippen LogP contribution in [0.4, 0.5) is 17.1 Å². The molecule has 0 atom stereocenters. The lowest BCUT2D eigenvalue weighted by atomic mass is 10.1. The number of rotatable bonds is 5. The second kappa shape index (κ2) is 8.79. The van der Waals surface area contributed by atoms with Crippen molar-refractivity contribution < 1.29 is 20.1 Å². The number of benzene rings is 4. The maximum Gasteiger partial charge on any atom is 0.139 e. The van der Waals surface area contributed by atoms with Gasteiger partial charge in [-0.15, -0.1) is 0 Å². The predicted octanol–water partition coefficient (Wildman–Crippen LogP) is 7.30. The van der Waals surface area contributed by atoms with Gasteiger partial charge in [0.15, 0.2) is 0 Å². The molecule has 0 fully saturated rings. The fourth-order valence-electron chi connectivity index (χ4n) is 3.79. The van der Waals surface area contributed by atoms with Crippen molar-refractivity contribution >= 4 is 17.1 Å². The van der Waals surface area contributed by atoms with Crippen LogP contribution in [0.2, 0.25) is 0 Å². The molecule has 3 N–H and O–H groups in total. The minimum Gasteiger partial charge on any atom is -0.507 e. The molecule has 0 saturated carbocycles. The lowest BCUT2D eigenvalue weighted by Gasteiger charge is -2.27. The standard InChI is InChI=1S/C28H27NO4/c1-17-8-11-23(25(30)14-17)29(24-12-9-18(2)15-26(24)31)21-6-5-7-22(16-21)33-27-13-10-19(3)28(32)20(27)4/h5-16,30-32H,1-4H3. The first kappa shape index (κ1) is 22.1. The van der Waals surface area contributed by atoms with E-state index in [0.717, 1.165) is 16.7 Å². The van der Waals surface area contributed by atoms with Crippen LogP contribution in [0.5, 0.6) is 28.7 Å². The van der Waals surface area contributed by atoms with Crippen molar-refractivity contribution in [2.45, 2.75) is 27.7 Å². The fraction of sp³-hybridized carbons (Fsp3) is 0.143. The summed E-state index contributed by atoms with van der Waals surface area (Å²) in [5.41, 5.74) is 5.04. The van der Waals surface area contributed by atoms with E-state index in [4.69, 9.17) is 4.74 Å². The van der Waals surface area contributed by atoms with Gasteiger partial charge in [-0.3, -0.25) is 0 Å². The van der Waals surface area contributed by atoms with E-state index in [2.05, 4.69) is 0 Å². The van der Waals surface area contributed by atoms with Crippen LogP contribution in [0.1, 0.15) is 22.3 Å². The highest BCUT2D eigenvalue weighted by molar-refractivity contribution is 5.83. The molecule has 4 rings (SSSR count). The van der Waals surface area contributed by atoms with Gasteiger partial charge in [0.1, 0.15) is 28.7 Å². The Hall–Kier alpha value is -4.12. The zero-order chi connectivity index (χ0) is 23.7. The second-order valence-corrected chi connectivity index (χ2v) is 8.27. The Morgan fingerprint density at radius 2 is 1.27 bits per heavy atom. The highest BCUT2D eigenvalue weighted by Gasteiger charge is 2.20. The predicted molar refractivity (Wildman–Crippen MR) is 132 cm³/mol. The summed E-state index contributed by atoms with van der Waals surface area (Å²) in [5.74, 6) is 1.51. The SMILES string of the molecule is Cc1ccc(N(c2cccc(Oc3ccc(C)c(O)c3C)c2)c2ccc(C)cc2O)c(O)c1. The van der Waals surface area contributed by atoms with Crippen molar-refractivity contribution in [1.82, 2.24) is 0 Å². The molecule has 4 aromatic carbocycles. The molecule has 0 aliphatic heterocycles. The summed E-state index contributed by atoms with van der Waals surface area (Å²) in [6.45, 7) is 7.46. The molecule has 0 aliphatic rings. The Balaban J connectivity index is 1.82. The first-order valence-electron chi connectivity index (χ1n) is 10.7. The summed E-state index contributed by atoms with van der Waals surface area (Å²) in [5, 5.41) is 31.8. The van der Waals surface area contributed by atoms with Gasteiger partial charge in [0.2, 0.25) is 0 Å². The van der Waals surface area contributed by atoms with Gasteiger partial charge in [0.05, 0.1) is 17.1 Å². The highest BCUT2D eigenvalue weighted by atomic mass is 16.5. The average molecular weight is 442 g/mol. The van der Waals surface area contributed by atoms with E-state index in [1.54, 1.807) is 17.0 Å². The molecule has 0 bridgehead atoms. The summed E-state index contributed by atoms with van der Waals surface area (Å²) in [4.78, 5) is 1.79. The number of aryl methyl sites for hydroxylation is 3. The summed E-state index contributed by atoms with van der Waals surface area (Å²) < 4.78 is 6.09. The third-order valence-electron chi connectivity index (χ3n) is 5.63. The Labute approximate surface area is 193 Å². The summed E-state index contributed by atoms with van der Waals surface area (Å²) >= 11 is 0. The van der Waals surface area contributed by atoms with Gasteiger partial charge in [-0.05, 0) is 86.8 Å². The van der Waals surface area contributed by atoms with Gasteiger partial charge in [-0.25, -0.2) is 0 Å². The fourth-order valence-corrected chi connectivity index (χ4v) is 3.79. The minimum atomic E-state index is 0.0978. The van der Waals surface area contributed by atoms with Crippen molar-refractivity contribution in [3.8, 4) is 28.7 Å². The summed E-state index contributed by atoms with van der Waals surface area (Å²) in [6.07, 6.45) is 0. The van der Waals surface area contributed by atoms with Gasteiger partial charge >= 0.3 is 0 Å². The molecule has 0 aliphatic carbocycles. The molecule has 0 spiro atoms. The third kappa shape index (κ3) is 4.44. The maximum atomic E-state index is 10.7. The zero-order valence-corrected chi connectivity index (χ0v) is 19.1. The van der Waals surface area contributed by atoms with E-state index in [-0.39, 0.29) is 17.2 Å². The van der Waals surface area contributed by atoms with Crippen LogP contribution in [0.3, 0.4) is 0 Å². The summed E-state index contributed by atoms with van der Waals surface area (Å²) in [6, 6.07) is 21.8. The highest BCUT2D eigenvalue weighted by Crippen LogP contribution is 2.45. The summed E-state index contributed by atoms with van der Waals surface area (Å²) in [7, 11) is 0. The van der Waals surface area contributed by atoms with E-state index < -0.39 is 0 Å². The molecule has 0 aromatic heterocycles. The Morgan fingerprint density at radius 1 is 0.667 bits per heavy atom. The van der Waals surface area contributed by atoms with Gasteiger partial charge in [0.25, 0.3) is 0 Å². The van der Waals surface area contributed by atoms with Gasteiger partial charge in [-0.2, -0.15) is 0 Å². The van der Waals surface area contributed by atoms with Crippen molar-refractivity contribution in [2.24, 2.45) is 0 Å². The topological polar surface area (TPSA) is 73.2 Å². The van der Waals surface area contributed by atoms with Crippen LogP contribution in [0, 0.1) is 27.7 Å². The van der Waals surface area contributed by atoms with Crippen LogP contribution in [0.15, 0.2) is 72.8 Å². The van der Waals surface area contributed by atoms with E-state index in [9.17, 15) is 15.3 Å². The van der Waals surface area contributed by atoms with Gasteiger partial charge in [0, 0.05) is 11.6 Å². The number of anilines is 3. The van der Waals surface area contributed by atoms with Crippen LogP contribution < -0.4 is 9.64 Å². The first-order chi connectivity index (χ1) is 15.7. The van der Waals surface area contributed by atoms with E-state index in [1.807, 2.05) is 88.4 Å². The van der Waals surface area contributed by atoms with E-state index in [0.29, 0.717) is 34.1 Å². The first-order valence-corrected chi connectivity index (χ1v) is 10.7. The van der Waals surface area contributed by atoms with E-state index >= 15 is 0 Å². The minimum absolute atomic E-state index is 0.0978. The van der Waals surface area contributed by atoms with Crippen molar-refractivity contribution in [3.05, 3.63) is 95.1 Å². The molecule has 0 saturated heterocycles. The normalized spacial score (nSPS) is 10.8. The number of nitrogens with zero attached hydrogens (tertiary/aromatic N) is 1. The zero-order valence-electron chi connectivity index (χ0n) is 19.1. The van der Waals surface area contributed by atoms with Crippen molar-refractivity contribution in [2.75, 3.05) is 4.90 Å². The monoisotopic (exact) mass is 441 g/mol. The van der Waals surface area contributed by atoms with Crippen LogP contribution >= 0.6 is 0 Å². The molecule has 5 heteroatoms. The van der Waals surface area contributed by atoms with E-state index in [1.165, 1.54) is 0 Å². The molecular formula is C28H27NO4. The van der Waals surface area contributed by atoms with Crippen LogP contribution in [-0.2, 0) is 0 Å². The number of hydrogen-bond acceptors (Lipinski definition) is 5. The lowest BCUT2D eigenvalue weighted by Crippen LogP contribution is -2.10. The smallest absolute Gasteiger partial charge is 0.139 e. The quantitative estimate of drug-likeness (QED) is 0.303. The molecular weight excluding hydrogens is 414 g/mol. The molecule has 0 radical (unpaired) electrons. The number of phenolic OH excluding ortho intramolecular Hbond substituents is 3. The number of ether oxygens (including phenoxy) is 1. The van der Waals surface area contributed by atoms with Crippen LogP contribution in [0.25, 0.3) is 0 Å². The third-order valence-corrected chi connectivity index (χ3v) is 5.63. The molecule has 5 nitrogen and oxygen atoms in total. The molecule has 0 heterocycles. The van der Waals surface area contributed by atoms with Gasteiger partial charge in [-0.1, -0.05) is 24.3 Å². The van der Waals surface area contributed by atoms with Crippen LogP contribution in [-0.4, -0.2) is 15.3 Å². The molecule has 4 aromatic rings. The molecule has 0 unspecified atom stereocenters. The average Bonchev–Trinajstić information content (AvgIpc) is 2.77. The molecule has 33 heavy (non-hydrogen) atoms. The van der Waals surface area contributed by atoms with Crippen molar-refractivity contribution in [3.63, 3.8) is 0 Å². The Morgan fingerprint density at radius 3 is 1.85 bits per heavy atom. The Bertz CT molecular complexity index is 1280. The maximum absolute atomic E-state index is 10.7. The Kier molecular flexibility index (Phi) is 5.88.